The molecule has 2 N–H and O–H groups in total. The highest BCUT2D eigenvalue weighted by molar-refractivity contribution is 5.90. The minimum absolute atomic E-state index is 0. The first-order chi connectivity index (χ1) is 12.6. The number of nitrogens with zero attached hydrogens (tertiary/aromatic N) is 1. The Morgan fingerprint density at radius 3 is 2.46 bits per heavy atom. The predicted octanol–water partition coefficient (Wildman–Crippen LogP) is 4.87. The molecule has 0 spiro atoms. The standard InChI is InChI=1S/C22H35N3O.2ClH/c1-17(20-10-12-23-13-11-20)15-22(26)24-21-8-6-19(7-9-21)16-25-14-4-3-5-18(25)2;;/h6-9,17-18,20,23H,3-5,10-16H2,1-2H3,(H,24,26);2*1H. The van der Waals surface area contributed by atoms with E-state index in [1.54, 1.807) is 0 Å². The highest BCUT2D eigenvalue weighted by atomic mass is 35.5. The van der Waals surface area contributed by atoms with Crippen molar-refractivity contribution in [3.63, 3.8) is 0 Å². The second-order valence-electron chi connectivity index (χ2n) is 8.33. The number of halogens is 2. The molecule has 1 amide bonds. The fraction of sp³-hybridized carbons (Fsp3) is 0.682. The molecule has 3 rings (SSSR count). The van der Waals surface area contributed by atoms with Gasteiger partial charge in [0.05, 0.1) is 0 Å². The topological polar surface area (TPSA) is 44.4 Å². The highest BCUT2D eigenvalue weighted by Gasteiger charge is 2.22. The fourth-order valence-electron chi connectivity index (χ4n) is 4.40. The summed E-state index contributed by atoms with van der Waals surface area (Å²) in [6.45, 7) is 8.95. The van der Waals surface area contributed by atoms with Gasteiger partial charge in [-0.2, -0.15) is 0 Å². The van der Waals surface area contributed by atoms with E-state index in [2.05, 4.69) is 53.6 Å². The Morgan fingerprint density at radius 2 is 1.82 bits per heavy atom. The maximum Gasteiger partial charge on any atom is 0.224 e. The van der Waals surface area contributed by atoms with Gasteiger partial charge in [-0.15, -0.1) is 24.8 Å². The van der Waals surface area contributed by atoms with Crippen molar-refractivity contribution in [1.82, 2.24) is 10.2 Å². The van der Waals surface area contributed by atoms with Crippen LogP contribution in [0.4, 0.5) is 5.69 Å². The smallest absolute Gasteiger partial charge is 0.224 e. The Balaban J connectivity index is 0.00000196. The van der Waals surface area contributed by atoms with Crippen LogP contribution >= 0.6 is 24.8 Å². The zero-order valence-corrected chi connectivity index (χ0v) is 18.9. The number of anilines is 1. The van der Waals surface area contributed by atoms with E-state index in [-0.39, 0.29) is 30.7 Å². The van der Waals surface area contributed by atoms with E-state index in [0.29, 0.717) is 24.3 Å². The minimum Gasteiger partial charge on any atom is -0.326 e. The van der Waals surface area contributed by atoms with Gasteiger partial charge in [-0.25, -0.2) is 0 Å². The van der Waals surface area contributed by atoms with Crippen LogP contribution in [0, 0.1) is 11.8 Å². The lowest BCUT2D eigenvalue weighted by atomic mass is 9.84. The van der Waals surface area contributed by atoms with E-state index in [9.17, 15) is 4.79 Å². The van der Waals surface area contributed by atoms with Crippen LogP contribution in [-0.2, 0) is 11.3 Å². The highest BCUT2D eigenvalue weighted by Crippen LogP contribution is 2.25. The maximum absolute atomic E-state index is 12.4. The first-order valence-corrected chi connectivity index (χ1v) is 10.5. The molecule has 0 aromatic heterocycles. The molecule has 2 aliphatic heterocycles. The number of carbonyl (C=O) groups excluding carboxylic acids is 1. The Labute approximate surface area is 183 Å². The molecule has 1 aromatic carbocycles. The molecule has 28 heavy (non-hydrogen) atoms. The van der Waals surface area contributed by atoms with Crippen LogP contribution in [0.15, 0.2) is 24.3 Å². The summed E-state index contributed by atoms with van der Waals surface area (Å²) < 4.78 is 0. The summed E-state index contributed by atoms with van der Waals surface area (Å²) in [5, 5.41) is 6.48. The maximum atomic E-state index is 12.4. The summed E-state index contributed by atoms with van der Waals surface area (Å²) in [5.41, 5.74) is 2.25. The van der Waals surface area contributed by atoms with Gasteiger partial charge < -0.3 is 10.6 Å². The number of hydrogen-bond donors (Lipinski definition) is 2. The molecular formula is C22H37Cl2N3O. The van der Waals surface area contributed by atoms with Crippen LogP contribution in [-0.4, -0.2) is 36.5 Å². The average molecular weight is 430 g/mol. The molecule has 1 aromatic rings. The molecule has 0 radical (unpaired) electrons. The number of rotatable bonds is 6. The van der Waals surface area contributed by atoms with Gasteiger partial charge in [-0.05, 0) is 81.8 Å². The monoisotopic (exact) mass is 429 g/mol. The zero-order chi connectivity index (χ0) is 18.4. The molecule has 0 bridgehead atoms. The van der Waals surface area contributed by atoms with Gasteiger partial charge in [0.1, 0.15) is 0 Å². The van der Waals surface area contributed by atoms with Crippen LogP contribution in [0.2, 0.25) is 0 Å². The second-order valence-corrected chi connectivity index (χ2v) is 8.33. The Morgan fingerprint density at radius 1 is 1.14 bits per heavy atom. The van der Waals surface area contributed by atoms with Crippen LogP contribution in [0.25, 0.3) is 0 Å². The van der Waals surface area contributed by atoms with Crippen molar-refractivity contribution in [2.45, 2.75) is 65.0 Å². The molecule has 4 nitrogen and oxygen atoms in total. The molecular weight excluding hydrogens is 393 g/mol. The Kier molecular flexibility index (Phi) is 11.4. The summed E-state index contributed by atoms with van der Waals surface area (Å²) in [6, 6.07) is 9.11. The number of piperidine rings is 2. The summed E-state index contributed by atoms with van der Waals surface area (Å²) in [6.07, 6.45) is 6.99. The number of likely N-dealkylation sites (tertiary alicyclic amines) is 1. The molecule has 0 aliphatic carbocycles. The molecule has 160 valence electrons. The molecule has 2 aliphatic rings. The SMILES string of the molecule is CC(CC(=O)Nc1ccc(CN2CCCCC2C)cc1)C1CCNCC1.Cl.Cl. The molecule has 2 saturated heterocycles. The largest absolute Gasteiger partial charge is 0.326 e. The first-order valence-electron chi connectivity index (χ1n) is 10.5. The van der Waals surface area contributed by atoms with Crippen LogP contribution in [0.5, 0.6) is 0 Å². The van der Waals surface area contributed by atoms with E-state index in [4.69, 9.17) is 0 Å². The van der Waals surface area contributed by atoms with Crippen molar-refractivity contribution in [2.24, 2.45) is 11.8 Å². The van der Waals surface area contributed by atoms with Crippen molar-refractivity contribution < 1.29 is 4.79 Å². The van der Waals surface area contributed by atoms with Crippen LogP contribution < -0.4 is 10.6 Å². The van der Waals surface area contributed by atoms with Gasteiger partial charge in [0.25, 0.3) is 0 Å². The summed E-state index contributed by atoms with van der Waals surface area (Å²) in [4.78, 5) is 14.9. The van der Waals surface area contributed by atoms with Crippen molar-refractivity contribution in [1.29, 1.82) is 0 Å². The summed E-state index contributed by atoms with van der Waals surface area (Å²) in [7, 11) is 0. The zero-order valence-electron chi connectivity index (χ0n) is 17.3. The second kappa shape index (κ2) is 12.7. The van der Waals surface area contributed by atoms with Crippen LogP contribution in [0.3, 0.4) is 0 Å². The van der Waals surface area contributed by atoms with Gasteiger partial charge in [0, 0.05) is 24.7 Å². The average Bonchev–Trinajstić information content (AvgIpc) is 2.66. The van der Waals surface area contributed by atoms with Gasteiger partial charge >= 0.3 is 0 Å². The lowest BCUT2D eigenvalue weighted by Gasteiger charge is -2.33. The molecule has 2 unspecified atom stereocenters. The number of carbonyl (C=O) groups is 1. The molecule has 2 atom stereocenters. The number of amides is 1. The Bertz CT molecular complexity index is 576. The van der Waals surface area contributed by atoms with E-state index < -0.39 is 0 Å². The Hall–Kier alpha value is -0.810. The third kappa shape index (κ3) is 7.55. The third-order valence-corrected chi connectivity index (χ3v) is 6.26. The number of benzene rings is 1. The van der Waals surface area contributed by atoms with E-state index in [1.165, 1.54) is 44.2 Å². The summed E-state index contributed by atoms with van der Waals surface area (Å²) >= 11 is 0. The van der Waals surface area contributed by atoms with Gasteiger partial charge in [0.15, 0.2) is 0 Å². The molecule has 0 saturated carbocycles. The lowest BCUT2D eigenvalue weighted by Crippen LogP contribution is -2.36. The van der Waals surface area contributed by atoms with E-state index in [0.717, 1.165) is 25.3 Å². The van der Waals surface area contributed by atoms with E-state index >= 15 is 0 Å². The van der Waals surface area contributed by atoms with E-state index in [1.807, 2.05) is 0 Å². The van der Waals surface area contributed by atoms with Crippen molar-refractivity contribution in [2.75, 3.05) is 25.0 Å². The van der Waals surface area contributed by atoms with Crippen molar-refractivity contribution in [3.05, 3.63) is 29.8 Å². The van der Waals surface area contributed by atoms with Gasteiger partial charge in [-0.1, -0.05) is 25.5 Å². The summed E-state index contributed by atoms with van der Waals surface area (Å²) in [5.74, 6) is 1.28. The van der Waals surface area contributed by atoms with Crippen LogP contribution in [0.1, 0.15) is 57.9 Å². The first kappa shape index (κ1) is 25.2. The van der Waals surface area contributed by atoms with Crippen molar-refractivity contribution in [3.8, 4) is 0 Å². The van der Waals surface area contributed by atoms with Crippen molar-refractivity contribution >= 4 is 36.4 Å². The third-order valence-electron chi connectivity index (χ3n) is 6.26. The molecule has 2 heterocycles. The minimum atomic E-state index is 0. The predicted molar refractivity (Wildman–Crippen MR) is 123 cm³/mol. The number of nitrogens with one attached hydrogen (secondary N) is 2. The normalized spacial score (nSPS) is 21.9. The number of hydrogen-bond acceptors (Lipinski definition) is 3. The lowest BCUT2D eigenvalue weighted by molar-refractivity contribution is -0.117. The molecule has 2 fully saturated rings. The van der Waals surface area contributed by atoms with Gasteiger partial charge in [0.2, 0.25) is 5.91 Å². The fourth-order valence-corrected chi connectivity index (χ4v) is 4.40. The van der Waals surface area contributed by atoms with Gasteiger partial charge in [-0.3, -0.25) is 9.69 Å². The quantitative estimate of drug-likeness (QED) is 0.677. The molecule has 6 heteroatoms.